The van der Waals surface area contributed by atoms with E-state index in [1.807, 2.05) is 24.3 Å². The number of para-hydroxylation sites is 1. The highest BCUT2D eigenvalue weighted by Gasteiger charge is 2.12. The van der Waals surface area contributed by atoms with E-state index in [0.717, 1.165) is 24.1 Å². The van der Waals surface area contributed by atoms with E-state index < -0.39 is 0 Å². The Hall–Kier alpha value is -3.01. The fraction of sp³-hybridized carbons (Fsp3) is 0.190. The molecule has 0 aliphatic rings. The molecule has 4 heteroatoms. The van der Waals surface area contributed by atoms with E-state index in [4.69, 9.17) is 4.74 Å². The molecule has 0 aliphatic heterocycles. The third-order valence-electron chi connectivity index (χ3n) is 4.30. The maximum atomic E-state index is 11.4. The van der Waals surface area contributed by atoms with Crippen molar-refractivity contribution in [3.8, 4) is 5.75 Å². The standard InChI is InChI=1S/C21H22N2O2/c1-3-21(24)22-13-12-18-17-6-4-5-7-19(17)23-20(18)14-15-8-10-16(25-2)11-9-15/h3-11,23H,1,12-14H2,2H3,(H,22,24). The molecule has 0 spiro atoms. The Labute approximate surface area is 147 Å². The van der Waals surface area contributed by atoms with E-state index in [2.05, 4.69) is 41.1 Å². The van der Waals surface area contributed by atoms with Crippen LogP contribution in [0.5, 0.6) is 5.75 Å². The summed E-state index contributed by atoms with van der Waals surface area (Å²) < 4.78 is 5.22. The molecule has 0 saturated heterocycles. The van der Waals surface area contributed by atoms with Crippen LogP contribution in [0.15, 0.2) is 61.2 Å². The van der Waals surface area contributed by atoms with Crippen LogP contribution in [0.4, 0.5) is 0 Å². The Morgan fingerprint density at radius 1 is 1.20 bits per heavy atom. The molecule has 0 unspecified atom stereocenters. The van der Waals surface area contributed by atoms with Crippen LogP contribution in [0.1, 0.15) is 16.8 Å². The second kappa shape index (κ2) is 7.71. The van der Waals surface area contributed by atoms with Crippen LogP contribution in [-0.2, 0) is 17.6 Å². The quantitative estimate of drug-likeness (QED) is 0.649. The van der Waals surface area contributed by atoms with Crippen molar-refractivity contribution in [1.82, 2.24) is 10.3 Å². The highest BCUT2D eigenvalue weighted by atomic mass is 16.5. The van der Waals surface area contributed by atoms with Crippen LogP contribution in [-0.4, -0.2) is 24.5 Å². The molecular formula is C21H22N2O2. The van der Waals surface area contributed by atoms with Gasteiger partial charge in [0.2, 0.25) is 5.91 Å². The normalized spacial score (nSPS) is 10.6. The van der Waals surface area contributed by atoms with Gasteiger partial charge in [-0.1, -0.05) is 36.9 Å². The van der Waals surface area contributed by atoms with Crippen molar-refractivity contribution in [3.63, 3.8) is 0 Å². The van der Waals surface area contributed by atoms with Crippen molar-refractivity contribution >= 4 is 16.8 Å². The Bertz CT molecular complexity index is 879. The minimum absolute atomic E-state index is 0.142. The zero-order valence-corrected chi connectivity index (χ0v) is 14.3. The molecule has 1 aromatic heterocycles. The molecule has 0 fully saturated rings. The van der Waals surface area contributed by atoms with Crippen LogP contribution in [0.2, 0.25) is 0 Å². The number of carbonyl (C=O) groups is 1. The molecule has 0 saturated carbocycles. The topological polar surface area (TPSA) is 54.1 Å². The van der Waals surface area contributed by atoms with Crippen molar-refractivity contribution in [2.75, 3.05) is 13.7 Å². The van der Waals surface area contributed by atoms with Crippen LogP contribution in [0, 0.1) is 0 Å². The molecule has 1 heterocycles. The number of hydrogen-bond acceptors (Lipinski definition) is 2. The number of carbonyl (C=O) groups excluding carboxylic acids is 1. The summed E-state index contributed by atoms with van der Waals surface area (Å²) in [5.41, 5.74) is 4.76. The van der Waals surface area contributed by atoms with Crippen molar-refractivity contribution in [2.24, 2.45) is 0 Å². The number of ether oxygens (including phenoxy) is 1. The van der Waals surface area contributed by atoms with Gasteiger partial charge in [-0.05, 0) is 41.8 Å². The Kier molecular flexibility index (Phi) is 5.19. The summed E-state index contributed by atoms with van der Waals surface area (Å²) in [5, 5.41) is 4.06. The van der Waals surface area contributed by atoms with Gasteiger partial charge < -0.3 is 15.0 Å². The van der Waals surface area contributed by atoms with Gasteiger partial charge in [-0.2, -0.15) is 0 Å². The van der Waals surface area contributed by atoms with Gasteiger partial charge in [-0.25, -0.2) is 0 Å². The lowest BCUT2D eigenvalue weighted by Gasteiger charge is -2.07. The molecule has 1 amide bonds. The fourth-order valence-electron chi connectivity index (χ4n) is 3.02. The molecular weight excluding hydrogens is 312 g/mol. The number of methoxy groups -OCH3 is 1. The first-order valence-corrected chi connectivity index (χ1v) is 8.33. The number of rotatable bonds is 7. The first-order valence-electron chi connectivity index (χ1n) is 8.33. The van der Waals surface area contributed by atoms with Crippen LogP contribution in [0.25, 0.3) is 10.9 Å². The Morgan fingerprint density at radius 3 is 2.68 bits per heavy atom. The van der Waals surface area contributed by atoms with Gasteiger partial charge in [0.05, 0.1) is 7.11 Å². The summed E-state index contributed by atoms with van der Waals surface area (Å²) in [6, 6.07) is 16.4. The predicted molar refractivity (Wildman–Crippen MR) is 101 cm³/mol. The molecule has 0 aliphatic carbocycles. The number of benzene rings is 2. The third-order valence-corrected chi connectivity index (χ3v) is 4.30. The van der Waals surface area contributed by atoms with Gasteiger partial charge in [0.25, 0.3) is 0 Å². The number of aromatic nitrogens is 1. The Balaban J connectivity index is 1.86. The van der Waals surface area contributed by atoms with Crippen molar-refractivity contribution in [1.29, 1.82) is 0 Å². The second-order valence-electron chi connectivity index (χ2n) is 5.90. The second-order valence-corrected chi connectivity index (χ2v) is 5.90. The van der Waals surface area contributed by atoms with Crippen LogP contribution >= 0.6 is 0 Å². The monoisotopic (exact) mass is 334 g/mol. The van der Waals surface area contributed by atoms with Crippen molar-refractivity contribution < 1.29 is 9.53 Å². The largest absolute Gasteiger partial charge is 0.497 e. The van der Waals surface area contributed by atoms with Crippen LogP contribution in [0.3, 0.4) is 0 Å². The summed E-state index contributed by atoms with van der Waals surface area (Å²) in [6.07, 6.45) is 2.88. The molecule has 2 N–H and O–H groups in total. The van der Waals surface area contributed by atoms with E-state index in [1.54, 1.807) is 7.11 Å². The van der Waals surface area contributed by atoms with Gasteiger partial charge in [-0.3, -0.25) is 4.79 Å². The molecule has 0 radical (unpaired) electrons. The summed E-state index contributed by atoms with van der Waals surface area (Å²) in [6.45, 7) is 4.07. The van der Waals surface area contributed by atoms with E-state index in [0.29, 0.717) is 6.54 Å². The zero-order chi connectivity index (χ0) is 17.6. The summed E-state index contributed by atoms with van der Waals surface area (Å²) in [7, 11) is 1.67. The minimum atomic E-state index is -0.142. The number of nitrogens with one attached hydrogen (secondary N) is 2. The summed E-state index contributed by atoms with van der Waals surface area (Å²) in [4.78, 5) is 14.9. The predicted octanol–water partition coefficient (Wildman–Crippen LogP) is 3.61. The van der Waals surface area contributed by atoms with Gasteiger partial charge in [0, 0.05) is 29.6 Å². The molecule has 3 aromatic rings. The minimum Gasteiger partial charge on any atom is -0.497 e. The molecule has 4 nitrogen and oxygen atoms in total. The van der Waals surface area contributed by atoms with Gasteiger partial charge in [0.15, 0.2) is 0 Å². The maximum Gasteiger partial charge on any atom is 0.243 e. The number of amides is 1. The zero-order valence-electron chi connectivity index (χ0n) is 14.3. The molecule has 0 bridgehead atoms. The van der Waals surface area contributed by atoms with E-state index in [9.17, 15) is 4.79 Å². The van der Waals surface area contributed by atoms with Gasteiger partial charge >= 0.3 is 0 Å². The summed E-state index contributed by atoms with van der Waals surface area (Å²) in [5.74, 6) is 0.712. The van der Waals surface area contributed by atoms with Crippen LogP contribution < -0.4 is 10.1 Å². The average molecular weight is 334 g/mol. The van der Waals surface area contributed by atoms with Crippen molar-refractivity contribution in [3.05, 3.63) is 78.0 Å². The van der Waals surface area contributed by atoms with E-state index in [1.165, 1.54) is 28.3 Å². The first-order chi connectivity index (χ1) is 12.2. The smallest absolute Gasteiger partial charge is 0.243 e. The highest BCUT2D eigenvalue weighted by molar-refractivity contribution is 5.87. The number of hydrogen-bond donors (Lipinski definition) is 2. The lowest BCUT2D eigenvalue weighted by Crippen LogP contribution is -2.23. The van der Waals surface area contributed by atoms with E-state index >= 15 is 0 Å². The lowest BCUT2D eigenvalue weighted by molar-refractivity contribution is -0.116. The number of fused-ring (bicyclic) bond motifs is 1. The highest BCUT2D eigenvalue weighted by Crippen LogP contribution is 2.25. The SMILES string of the molecule is C=CC(=O)NCCc1c(Cc2ccc(OC)cc2)[nH]c2ccccc12. The molecule has 0 atom stereocenters. The van der Waals surface area contributed by atoms with Gasteiger partial charge in [0.1, 0.15) is 5.75 Å². The number of aromatic amines is 1. The van der Waals surface area contributed by atoms with Crippen molar-refractivity contribution in [2.45, 2.75) is 12.8 Å². The number of H-pyrrole nitrogens is 1. The molecule has 2 aromatic carbocycles. The first kappa shape index (κ1) is 16.8. The maximum absolute atomic E-state index is 11.4. The van der Waals surface area contributed by atoms with Gasteiger partial charge in [-0.15, -0.1) is 0 Å². The molecule has 128 valence electrons. The Morgan fingerprint density at radius 2 is 1.96 bits per heavy atom. The summed E-state index contributed by atoms with van der Waals surface area (Å²) >= 11 is 0. The fourth-order valence-corrected chi connectivity index (χ4v) is 3.02. The molecule has 25 heavy (non-hydrogen) atoms. The molecule has 3 rings (SSSR count). The lowest BCUT2D eigenvalue weighted by atomic mass is 10.0. The average Bonchev–Trinajstić information content (AvgIpc) is 2.99. The van der Waals surface area contributed by atoms with E-state index in [-0.39, 0.29) is 5.91 Å². The third kappa shape index (κ3) is 3.91.